The van der Waals surface area contributed by atoms with E-state index in [1.54, 1.807) is 41.1 Å². The van der Waals surface area contributed by atoms with Crippen molar-refractivity contribution in [3.8, 4) is 11.3 Å². The number of pyridine rings is 1. The van der Waals surface area contributed by atoms with Crippen LogP contribution >= 0.6 is 0 Å². The summed E-state index contributed by atoms with van der Waals surface area (Å²) < 4.78 is 1.74. The Kier molecular flexibility index (Phi) is 4.17. The van der Waals surface area contributed by atoms with Gasteiger partial charge in [-0.25, -0.2) is 4.98 Å². The van der Waals surface area contributed by atoms with Crippen LogP contribution in [-0.2, 0) is 9.59 Å². The molecule has 0 bridgehead atoms. The number of hydrogen-bond donors (Lipinski definition) is 4. The summed E-state index contributed by atoms with van der Waals surface area (Å²) in [5, 5.41) is 18.6. The third-order valence-corrected chi connectivity index (χ3v) is 3.54. The molecular formula is C17H15N5O3. The number of nitrogens with two attached hydrogens (primary N) is 1. The minimum Gasteiger partial charge on any atom is -0.481 e. The summed E-state index contributed by atoms with van der Waals surface area (Å²) in [6.07, 6.45) is 2.87. The zero-order valence-electron chi connectivity index (χ0n) is 13.1. The lowest BCUT2D eigenvalue weighted by molar-refractivity contribution is -0.139. The molecule has 0 fully saturated rings. The Morgan fingerprint density at radius 1 is 1.16 bits per heavy atom. The predicted octanol–water partition coefficient (Wildman–Crippen LogP) is 1.70. The Labute approximate surface area is 142 Å². The monoisotopic (exact) mass is 337 g/mol. The number of imidazole rings is 1. The zero-order valence-corrected chi connectivity index (χ0v) is 13.1. The van der Waals surface area contributed by atoms with Crippen LogP contribution in [0.5, 0.6) is 0 Å². The number of aliphatic carboxylic acids is 1. The SMILES string of the molecule is N=C(N)c1ccc(-c2cn3cc(NC(=O)CC(=O)O)ccc3n2)cc1. The van der Waals surface area contributed by atoms with Crippen LogP contribution in [0.25, 0.3) is 16.9 Å². The Bertz CT molecular complexity index is 976. The van der Waals surface area contributed by atoms with Crippen LogP contribution in [0.4, 0.5) is 5.69 Å². The van der Waals surface area contributed by atoms with Crippen molar-refractivity contribution in [3.63, 3.8) is 0 Å². The van der Waals surface area contributed by atoms with E-state index in [4.69, 9.17) is 16.2 Å². The minimum absolute atomic E-state index is 0.00305. The van der Waals surface area contributed by atoms with E-state index in [0.29, 0.717) is 16.9 Å². The van der Waals surface area contributed by atoms with Gasteiger partial charge in [0.2, 0.25) is 5.91 Å². The van der Waals surface area contributed by atoms with Crippen LogP contribution in [0.2, 0.25) is 0 Å². The van der Waals surface area contributed by atoms with Crippen molar-refractivity contribution in [2.75, 3.05) is 5.32 Å². The molecule has 8 heteroatoms. The number of anilines is 1. The van der Waals surface area contributed by atoms with Crippen molar-refractivity contribution >= 4 is 29.0 Å². The van der Waals surface area contributed by atoms with Crippen molar-refractivity contribution in [2.45, 2.75) is 6.42 Å². The van der Waals surface area contributed by atoms with E-state index < -0.39 is 18.3 Å². The van der Waals surface area contributed by atoms with Crippen LogP contribution in [0.1, 0.15) is 12.0 Å². The summed E-state index contributed by atoms with van der Waals surface area (Å²) in [7, 11) is 0. The summed E-state index contributed by atoms with van der Waals surface area (Å²) >= 11 is 0. The fraction of sp³-hybridized carbons (Fsp3) is 0.0588. The van der Waals surface area contributed by atoms with E-state index in [1.165, 1.54) is 0 Å². The van der Waals surface area contributed by atoms with Crippen LogP contribution in [0.3, 0.4) is 0 Å². The summed E-state index contributed by atoms with van der Waals surface area (Å²) in [5.74, 6) is -1.77. The number of benzene rings is 1. The van der Waals surface area contributed by atoms with Gasteiger partial charge in [-0.05, 0) is 12.1 Å². The van der Waals surface area contributed by atoms with E-state index in [1.807, 2.05) is 12.1 Å². The number of hydrogen-bond acceptors (Lipinski definition) is 4. The van der Waals surface area contributed by atoms with E-state index in [0.717, 1.165) is 11.3 Å². The average Bonchev–Trinajstić information content (AvgIpc) is 2.97. The first kappa shape index (κ1) is 16.2. The molecule has 0 saturated heterocycles. The van der Waals surface area contributed by atoms with Crippen LogP contribution in [0, 0.1) is 5.41 Å². The molecule has 0 saturated carbocycles. The number of carbonyl (C=O) groups excluding carboxylic acids is 1. The normalized spacial score (nSPS) is 10.6. The molecule has 0 radical (unpaired) electrons. The summed E-state index contributed by atoms with van der Waals surface area (Å²) in [6, 6.07) is 10.5. The number of amidine groups is 1. The highest BCUT2D eigenvalue weighted by molar-refractivity contribution is 6.01. The van der Waals surface area contributed by atoms with Gasteiger partial charge in [0.1, 0.15) is 17.9 Å². The second-order valence-corrected chi connectivity index (χ2v) is 5.42. The minimum atomic E-state index is -1.18. The number of carboxylic acid groups (broad SMARTS) is 1. The lowest BCUT2D eigenvalue weighted by Crippen LogP contribution is -2.16. The third kappa shape index (κ3) is 3.63. The molecular weight excluding hydrogens is 322 g/mol. The second-order valence-electron chi connectivity index (χ2n) is 5.42. The number of amides is 1. The molecule has 3 rings (SSSR count). The standard InChI is InChI=1S/C17H15N5O3/c18-17(19)11-3-1-10(2-4-11)13-9-22-8-12(5-6-14(22)21-13)20-15(23)7-16(24)25/h1-6,8-9H,7H2,(H3,18,19)(H,20,23)(H,24,25). The first-order valence-electron chi connectivity index (χ1n) is 7.37. The number of nitrogens with zero attached hydrogens (tertiary/aromatic N) is 2. The van der Waals surface area contributed by atoms with E-state index in [2.05, 4.69) is 10.3 Å². The first-order valence-corrected chi connectivity index (χ1v) is 7.37. The topological polar surface area (TPSA) is 134 Å². The molecule has 0 spiro atoms. The van der Waals surface area contributed by atoms with E-state index in [9.17, 15) is 9.59 Å². The quantitative estimate of drug-likeness (QED) is 0.319. The van der Waals surface area contributed by atoms with Crippen LogP contribution in [-0.4, -0.2) is 32.2 Å². The molecule has 0 aliphatic heterocycles. The highest BCUT2D eigenvalue weighted by Crippen LogP contribution is 2.21. The Balaban J connectivity index is 1.86. The molecule has 0 aliphatic rings. The predicted molar refractivity (Wildman–Crippen MR) is 92.5 cm³/mol. The third-order valence-electron chi connectivity index (χ3n) is 3.54. The lowest BCUT2D eigenvalue weighted by Gasteiger charge is -2.03. The molecule has 126 valence electrons. The van der Waals surface area contributed by atoms with Gasteiger partial charge in [-0.15, -0.1) is 0 Å². The highest BCUT2D eigenvalue weighted by atomic mass is 16.4. The molecule has 1 aromatic carbocycles. The molecule has 3 aromatic rings. The largest absolute Gasteiger partial charge is 0.481 e. The molecule has 5 N–H and O–H groups in total. The highest BCUT2D eigenvalue weighted by Gasteiger charge is 2.09. The zero-order chi connectivity index (χ0) is 18.0. The lowest BCUT2D eigenvalue weighted by atomic mass is 10.1. The van der Waals surface area contributed by atoms with Gasteiger partial charge >= 0.3 is 5.97 Å². The van der Waals surface area contributed by atoms with Gasteiger partial charge in [0.15, 0.2) is 0 Å². The number of aromatic nitrogens is 2. The maximum atomic E-state index is 11.5. The van der Waals surface area contributed by atoms with Crippen molar-refractivity contribution in [1.82, 2.24) is 9.38 Å². The molecule has 0 unspecified atom stereocenters. The van der Waals surface area contributed by atoms with Gasteiger partial charge < -0.3 is 20.6 Å². The fourth-order valence-corrected chi connectivity index (χ4v) is 2.37. The Hall–Kier alpha value is -3.68. The number of fused-ring (bicyclic) bond motifs is 1. The van der Waals surface area contributed by atoms with Crippen molar-refractivity contribution in [1.29, 1.82) is 5.41 Å². The summed E-state index contributed by atoms with van der Waals surface area (Å²) in [6.45, 7) is 0. The van der Waals surface area contributed by atoms with E-state index >= 15 is 0 Å². The molecule has 0 atom stereocenters. The van der Waals surface area contributed by atoms with Gasteiger partial charge in [-0.3, -0.25) is 15.0 Å². The summed E-state index contributed by atoms with van der Waals surface area (Å²) in [5.41, 5.74) is 8.83. The number of rotatable bonds is 5. The number of nitrogen functional groups attached to an aromatic ring is 1. The van der Waals surface area contributed by atoms with Gasteiger partial charge in [0.05, 0.1) is 11.4 Å². The molecule has 2 aromatic heterocycles. The Morgan fingerprint density at radius 2 is 1.88 bits per heavy atom. The van der Waals surface area contributed by atoms with Gasteiger partial charge in [-0.1, -0.05) is 24.3 Å². The van der Waals surface area contributed by atoms with Crippen molar-refractivity contribution in [2.24, 2.45) is 5.73 Å². The van der Waals surface area contributed by atoms with Gasteiger partial charge in [0, 0.05) is 23.5 Å². The maximum absolute atomic E-state index is 11.5. The average molecular weight is 337 g/mol. The van der Waals surface area contributed by atoms with E-state index in [-0.39, 0.29) is 5.84 Å². The Morgan fingerprint density at radius 3 is 2.52 bits per heavy atom. The number of carbonyl (C=O) groups is 2. The van der Waals surface area contributed by atoms with Gasteiger partial charge in [-0.2, -0.15) is 0 Å². The molecule has 0 aliphatic carbocycles. The van der Waals surface area contributed by atoms with Crippen molar-refractivity contribution in [3.05, 3.63) is 54.4 Å². The number of nitrogens with one attached hydrogen (secondary N) is 2. The van der Waals surface area contributed by atoms with Crippen LogP contribution < -0.4 is 11.1 Å². The smallest absolute Gasteiger partial charge is 0.312 e. The fourth-order valence-electron chi connectivity index (χ4n) is 2.37. The molecule has 1 amide bonds. The first-order chi connectivity index (χ1) is 11.9. The number of carboxylic acids is 1. The van der Waals surface area contributed by atoms with Crippen molar-refractivity contribution < 1.29 is 14.7 Å². The maximum Gasteiger partial charge on any atom is 0.312 e. The van der Waals surface area contributed by atoms with Gasteiger partial charge in [0.25, 0.3) is 0 Å². The molecule has 8 nitrogen and oxygen atoms in total. The molecule has 2 heterocycles. The molecule has 25 heavy (non-hydrogen) atoms. The summed E-state index contributed by atoms with van der Waals surface area (Å²) in [4.78, 5) is 26.6. The second kappa shape index (κ2) is 6.44. The van der Waals surface area contributed by atoms with Crippen LogP contribution in [0.15, 0.2) is 48.8 Å².